The number of carbonyl (C=O) groups is 1. The number of rotatable bonds is 0. The number of hydrogen-bond acceptors (Lipinski definition) is 1. The van der Waals surface area contributed by atoms with Crippen LogP contribution in [0.5, 0.6) is 0 Å². The summed E-state index contributed by atoms with van der Waals surface area (Å²) in [6, 6.07) is 3.37. The van der Waals surface area contributed by atoms with E-state index in [1.807, 2.05) is 0 Å². The highest BCUT2D eigenvalue weighted by Crippen LogP contribution is 2.35. The molecule has 15 heavy (non-hydrogen) atoms. The summed E-state index contributed by atoms with van der Waals surface area (Å²) < 4.78 is 37.1. The van der Waals surface area contributed by atoms with Crippen LogP contribution in [0, 0.1) is 0 Å². The highest BCUT2D eigenvalue weighted by Gasteiger charge is 2.33. The maximum atomic E-state index is 12.4. The van der Waals surface area contributed by atoms with E-state index in [1.54, 1.807) is 7.05 Å². The number of anilines is 1. The summed E-state index contributed by atoms with van der Waals surface area (Å²) in [6.45, 7) is 0. The number of amides is 1. The maximum Gasteiger partial charge on any atom is 0.416 e. The Balaban J connectivity index is 2.47. The molecule has 2 rings (SSSR count). The van der Waals surface area contributed by atoms with Crippen molar-refractivity contribution in [1.82, 2.24) is 0 Å². The molecule has 0 aliphatic carbocycles. The molecular weight excluding hydrogens is 207 g/mol. The standard InChI is InChI=1S/C10H8F3NO/c1-14-8-3-2-7(10(11,12)13)4-6(8)5-9(14)15/h2-4H,5H2,1H3. The lowest BCUT2D eigenvalue weighted by Crippen LogP contribution is -2.20. The molecule has 0 spiro atoms. The summed E-state index contributed by atoms with van der Waals surface area (Å²) in [4.78, 5) is 12.6. The van der Waals surface area contributed by atoms with E-state index in [1.165, 1.54) is 11.0 Å². The molecule has 5 heteroatoms. The Morgan fingerprint density at radius 3 is 2.60 bits per heavy atom. The normalized spacial score (nSPS) is 15.7. The number of nitrogens with zero attached hydrogens (tertiary/aromatic N) is 1. The molecule has 2 nitrogen and oxygen atoms in total. The average Bonchev–Trinajstić information content (AvgIpc) is 2.41. The molecule has 1 aromatic rings. The van der Waals surface area contributed by atoms with Crippen molar-refractivity contribution < 1.29 is 18.0 Å². The first-order chi connectivity index (χ1) is 6.89. The van der Waals surface area contributed by atoms with Gasteiger partial charge in [-0.1, -0.05) is 0 Å². The Morgan fingerprint density at radius 1 is 1.33 bits per heavy atom. The molecule has 0 fully saturated rings. The van der Waals surface area contributed by atoms with Gasteiger partial charge >= 0.3 is 6.18 Å². The minimum absolute atomic E-state index is 0.0513. The Bertz CT molecular complexity index is 425. The van der Waals surface area contributed by atoms with Crippen molar-refractivity contribution in [2.24, 2.45) is 0 Å². The van der Waals surface area contributed by atoms with Crippen molar-refractivity contribution in [3.8, 4) is 0 Å². The van der Waals surface area contributed by atoms with Gasteiger partial charge in [-0.15, -0.1) is 0 Å². The second-order valence-electron chi connectivity index (χ2n) is 3.47. The van der Waals surface area contributed by atoms with Crippen LogP contribution in [0.4, 0.5) is 18.9 Å². The summed E-state index contributed by atoms with van der Waals surface area (Å²) in [5, 5.41) is 0. The maximum absolute atomic E-state index is 12.4. The van der Waals surface area contributed by atoms with Crippen molar-refractivity contribution in [2.75, 3.05) is 11.9 Å². The van der Waals surface area contributed by atoms with E-state index in [-0.39, 0.29) is 12.3 Å². The molecule has 80 valence electrons. The largest absolute Gasteiger partial charge is 0.416 e. The second-order valence-corrected chi connectivity index (χ2v) is 3.47. The van der Waals surface area contributed by atoms with Crippen LogP contribution in [0.3, 0.4) is 0 Å². The topological polar surface area (TPSA) is 20.3 Å². The van der Waals surface area contributed by atoms with Crippen LogP contribution in [0.1, 0.15) is 11.1 Å². The van der Waals surface area contributed by atoms with E-state index >= 15 is 0 Å². The molecule has 0 saturated carbocycles. The van der Waals surface area contributed by atoms with E-state index in [0.717, 1.165) is 12.1 Å². The number of carbonyl (C=O) groups excluding carboxylic acids is 1. The number of benzene rings is 1. The summed E-state index contributed by atoms with van der Waals surface area (Å²) in [6.07, 6.45) is -4.30. The summed E-state index contributed by atoms with van der Waals surface area (Å²) in [5.74, 6) is -0.177. The van der Waals surface area contributed by atoms with Crippen LogP contribution in [-0.2, 0) is 17.4 Å². The fourth-order valence-electron chi connectivity index (χ4n) is 1.65. The minimum atomic E-state index is -4.35. The number of hydrogen-bond donors (Lipinski definition) is 0. The van der Waals surface area contributed by atoms with Gasteiger partial charge in [0.25, 0.3) is 0 Å². The van der Waals surface area contributed by atoms with Crippen LogP contribution in [-0.4, -0.2) is 13.0 Å². The smallest absolute Gasteiger partial charge is 0.315 e. The molecule has 0 N–H and O–H groups in total. The number of halogens is 3. The quantitative estimate of drug-likeness (QED) is 0.649. The molecule has 1 amide bonds. The molecule has 0 atom stereocenters. The third-order valence-electron chi connectivity index (χ3n) is 2.48. The molecule has 0 aromatic heterocycles. The van der Waals surface area contributed by atoms with Gasteiger partial charge in [0.1, 0.15) is 0 Å². The number of likely N-dealkylation sites (N-methyl/N-ethyl adjacent to an activating group) is 1. The van der Waals surface area contributed by atoms with Crippen molar-refractivity contribution >= 4 is 11.6 Å². The van der Waals surface area contributed by atoms with Gasteiger partial charge in [-0.2, -0.15) is 13.2 Å². The zero-order valence-corrected chi connectivity index (χ0v) is 7.93. The molecule has 1 aromatic carbocycles. The first-order valence-corrected chi connectivity index (χ1v) is 4.36. The molecule has 1 aliphatic rings. The Kier molecular flexibility index (Phi) is 1.99. The van der Waals surface area contributed by atoms with Gasteiger partial charge in [0.2, 0.25) is 5.91 Å². The molecule has 0 bridgehead atoms. The van der Waals surface area contributed by atoms with E-state index in [9.17, 15) is 18.0 Å². The van der Waals surface area contributed by atoms with Crippen LogP contribution in [0.25, 0.3) is 0 Å². The van der Waals surface area contributed by atoms with Crippen LogP contribution < -0.4 is 4.90 Å². The molecular formula is C10H8F3NO. The van der Waals surface area contributed by atoms with Crippen LogP contribution in [0.15, 0.2) is 18.2 Å². The van der Waals surface area contributed by atoms with Crippen LogP contribution >= 0.6 is 0 Å². The first kappa shape index (κ1) is 10.0. The van der Waals surface area contributed by atoms with Gasteiger partial charge in [0.05, 0.1) is 12.0 Å². The summed E-state index contributed by atoms with van der Waals surface area (Å²) in [7, 11) is 1.56. The Morgan fingerprint density at radius 2 is 2.00 bits per heavy atom. The zero-order valence-electron chi connectivity index (χ0n) is 7.93. The lowest BCUT2D eigenvalue weighted by molar-refractivity contribution is -0.137. The van der Waals surface area contributed by atoms with Gasteiger partial charge in [0, 0.05) is 12.7 Å². The van der Waals surface area contributed by atoms with Crippen LogP contribution in [0.2, 0.25) is 0 Å². The first-order valence-electron chi connectivity index (χ1n) is 4.36. The van der Waals surface area contributed by atoms with Gasteiger partial charge < -0.3 is 4.90 Å². The SMILES string of the molecule is CN1C(=O)Cc2cc(C(F)(F)F)ccc21. The van der Waals surface area contributed by atoms with Crippen molar-refractivity contribution in [2.45, 2.75) is 12.6 Å². The summed E-state index contributed by atoms with van der Waals surface area (Å²) >= 11 is 0. The zero-order chi connectivity index (χ0) is 11.2. The fourth-order valence-corrected chi connectivity index (χ4v) is 1.65. The van der Waals surface area contributed by atoms with Gasteiger partial charge in [0.15, 0.2) is 0 Å². The molecule has 0 saturated heterocycles. The predicted molar refractivity (Wildman–Crippen MR) is 48.6 cm³/mol. The minimum Gasteiger partial charge on any atom is -0.315 e. The summed E-state index contributed by atoms with van der Waals surface area (Å²) in [5.41, 5.74) is 0.301. The molecule has 0 radical (unpaired) electrons. The molecule has 0 unspecified atom stereocenters. The van der Waals surface area contributed by atoms with Gasteiger partial charge in [-0.25, -0.2) is 0 Å². The lowest BCUT2D eigenvalue weighted by atomic mass is 10.1. The van der Waals surface area contributed by atoms with Gasteiger partial charge in [-0.3, -0.25) is 4.79 Å². The molecule has 1 heterocycles. The Hall–Kier alpha value is -1.52. The fraction of sp³-hybridized carbons (Fsp3) is 0.300. The highest BCUT2D eigenvalue weighted by molar-refractivity contribution is 6.00. The van der Waals surface area contributed by atoms with Crippen molar-refractivity contribution in [3.63, 3.8) is 0 Å². The predicted octanol–water partition coefficient (Wildman–Crippen LogP) is 2.22. The third kappa shape index (κ3) is 1.58. The number of fused-ring (bicyclic) bond motifs is 1. The van der Waals surface area contributed by atoms with Crippen molar-refractivity contribution in [1.29, 1.82) is 0 Å². The van der Waals surface area contributed by atoms with Crippen molar-refractivity contribution in [3.05, 3.63) is 29.3 Å². The Labute approximate surface area is 84.3 Å². The number of alkyl halides is 3. The highest BCUT2D eigenvalue weighted by atomic mass is 19.4. The van der Waals surface area contributed by atoms with E-state index in [2.05, 4.69) is 0 Å². The van der Waals surface area contributed by atoms with Gasteiger partial charge in [-0.05, 0) is 23.8 Å². The second kappa shape index (κ2) is 2.98. The monoisotopic (exact) mass is 215 g/mol. The van der Waals surface area contributed by atoms with E-state index in [0.29, 0.717) is 11.3 Å². The molecule has 1 aliphatic heterocycles. The van der Waals surface area contributed by atoms with E-state index in [4.69, 9.17) is 0 Å². The third-order valence-corrected chi connectivity index (χ3v) is 2.48. The van der Waals surface area contributed by atoms with E-state index < -0.39 is 11.7 Å². The lowest BCUT2D eigenvalue weighted by Gasteiger charge is -2.11. The average molecular weight is 215 g/mol.